The van der Waals surface area contributed by atoms with Crippen LogP contribution in [-0.2, 0) is 14.6 Å². The number of anilines is 1. The van der Waals surface area contributed by atoms with Crippen LogP contribution >= 0.6 is 0 Å². The van der Waals surface area contributed by atoms with Gasteiger partial charge in [0.05, 0.1) is 28.5 Å². The fourth-order valence-electron chi connectivity index (χ4n) is 3.48. The number of para-hydroxylation sites is 2. The average molecular weight is 431 g/mol. The minimum atomic E-state index is -3.17. The van der Waals surface area contributed by atoms with E-state index in [0.29, 0.717) is 43.4 Å². The van der Waals surface area contributed by atoms with E-state index in [1.165, 1.54) is 6.20 Å². The van der Waals surface area contributed by atoms with Crippen LogP contribution in [0.3, 0.4) is 0 Å². The molecular formula is C20H22FN5O3S. The lowest BCUT2D eigenvalue weighted by atomic mass is 10.2. The van der Waals surface area contributed by atoms with Crippen LogP contribution < -0.4 is 4.90 Å². The number of H-pyrrole nitrogens is 1. The summed E-state index contributed by atoms with van der Waals surface area (Å²) in [6, 6.07) is 9.16. The van der Waals surface area contributed by atoms with Gasteiger partial charge in [0.2, 0.25) is 5.91 Å². The number of aromatic amines is 1. The van der Waals surface area contributed by atoms with E-state index in [0.717, 1.165) is 17.3 Å². The van der Waals surface area contributed by atoms with Gasteiger partial charge in [0.1, 0.15) is 21.5 Å². The lowest BCUT2D eigenvalue weighted by molar-refractivity contribution is -0.131. The first-order chi connectivity index (χ1) is 14.3. The van der Waals surface area contributed by atoms with Crippen molar-refractivity contribution in [3.05, 3.63) is 42.3 Å². The highest BCUT2D eigenvalue weighted by Crippen LogP contribution is 2.26. The van der Waals surface area contributed by atoms with Crippen molar-refractivity contribution in [1.29, 1.82) is 0 Å². The smallest absolute Gasteiger partial charge is 0.223 e. The molecule has 1 N–H and O–H groups in total. The van der Waals surface area contributed by atoms with Crippen LogP contribution in [0.2, 0.25) is 0 Å². The standard InChI is InChI=1S/C20H22FN5O3S/c1-30(28,29)11-6-19(27)26-9-7-25(8-10-26)18-12-14(15(21)13-22-18)20-23-16-4-2-3-5-17(16)24-20/h2-5,12-13H,6-11H2,1H3,(H,23,24). The number of pyridine rings is 1. The molecule has 30 heavy (non-hydrogen) atoms. The first-order valence-electron chi connectivity index (χ1n) is 9.61. The van der Waals surface area contributed by atoms with Crippen LogP contribution in [0.4, 0.5) is 10.2 Å². The number of sulfone groups is 1. The predicted molar refractivity (Wildman–Crippen MR) is 112 cm³/mol. The first-order valence-corrected chi connectivity index (χ1v) is 11.7. The quantitative estimate of drug-likeness (QED) is 0.662. The number of carbonyl (C=O) groups is 1. The summed E-state index contributed by atoms with van der Waals surface area (Å²) < 4.78 is 37.0. The maximum Gasteiger partial charge on any atom is 0.223 e. The van der Waals surface area contributed by atoms with Crippen molar-refractivity contribution < 1.29 is 17.6 Å². The maximum absolute atomic E-state index is 14.5. The Morgan fingerprint density at radius 2 is 1.93 bits per heavy atom. The summed E-state index contributed by atoms with van der Waals surface area (Å²) in [5.41, 5.74) is 1.92. The number of nitrogens with zero attached hydrogens (tertiary/aromatic N) is 4. The summed E-state index contributed by atoms with van der Waals surface area (Å²) in [6.45, 7) is 1.98. The van der Waals surface area contributed by atoms with Crippen molar-refractivity contribution in [2.75, 3.05) is 43.1 Å². The van der Waals surface area contributed by atoms with Gasteiger partial charge >= 0.3 is 0 Å². The molecule has 10 heteroatoms. The van der Waals surface area contributed by atoms with Crippen LogP contribution in [0.15, 0.2) is 36.5 Å². The summed E-state index contributed by atoms with van der Waals surface area (Å²) in [4.78, 5) is 27.7. The van der Waals surface area contributed by atoms with Crippen molar-refractivity contribution in [2.45, 2.75) is 6.42 Å². The molecule has 0 bridgehead atoms. The van der Waals surface area contributed by atoms with Crippen molar-refractivity contribution >= 4 is 32.6 Å². The Labute approximate surface area is 173 Å². The van der Waals surface area contributed by atoms with Gasteiger partial charge in [0, 0.05) is 38.9 Å². The SMILES string of the molecule is CS(=O)(=O)CCC(=O)N1CCN(c2cc(-c3nc4ccccc4[nH]3)c(F)cn2)CC1. The van der Waals surface area contributed by atoms with Gasteiger partial charge < -0.3 is 14.8 Å². The fourth-order valence-corrected chi connectivity index (χ4v) is 4.02. The van der Waals surface area contributed by atoms with E-state index in [9.17, 15) is 17.6 Å². The second-order valence-electron chi connectivity index (χ2n) is 7.37. The minimum absolute atomic E-state index is 0.0101. The van der Waals surface area contributed by atoms with Crippen molar-refractivity contribution in [3.8, 4) is 11.4 Å². The highest BCUT2D eigenvalue weighted by molar-refractivity contribution is 7.90. The third-order valence-corrected chi connectivity index (χ3v) is 6.07. The monoisotopic (exact) mass is 431 g/mol. The van der Waals surface area contributed by atoms with Gasteiger partial charge in [0.25, 0.3) is 0 Å². The van der Waals surface area contributed by atoms with E-state index in [2.05, 4.69) is 15.0 Å². The summed E-state index contributed by atoms with van der Waals surface area (Å²) in [7, 11) is -3.17. The van der Waals surface area contributed by atoms with E-state index in [-0.39, 0.29) is 18.1 Å². The number of halogens is 1. The highest BCUT2D eigenvalue weighted by Gasteiger charge is 2.23. The molecule has 0 atom stereocenters. The van der Waals surface area contributed by atoms with E-state index in [4.69, 9.17) is 0 Å². The summed E-state index contributed by atoms with van der Waals surface area (Å²) in [5.74, 6) is 0.261. The molecule has 1 amide bonds. The average Bonchev–Trinajstić information content (AvgIpc) is 3.16. The van der Waals surface area contributed by atoms with Gasteiger partial charge in [-0.15, -0.1) is 0 Å². The molecule has 0 unspecified atom stereocenters. The summed E-state index contributed by atoms with van der Waals surface area (Å²) >= 11 is 0. The molecule has 8 nitrogen and oxygen atoms in total. The highest BCUT2D eigenvalue weighted by atomic mass is 32.2. The number of rotatable bonds is 5. The largest absolute Gasteiger partial charge is 0.353 e. The Morgan fingerprint density at radius 1 is 1.20 bits per heavy atom. The number of fused-ring (bicyclic) bond motifs is 1. The maximum atomic E-state index is 14.5. The predicted octanol–water partition coefficient (Wildman–Crippen LogP) is 1.85. The molecule has 3 aromatic rings. The number of carbonyl (C=O) groups excluding carboxylic acids is 1. The summed E-state index contributed by atoms with van der Waals surface area (Å²) in [5, 5.41) is 0. The number of piperazine rings is 1. The number of aromatic nitrogens is 3. The lowest BCUT2D eigenvalue weighted by Gasteiger charge is -2.35. The number of amides is 1. The van der Waals surface area contributed by atoms with Crippen LogP contribution in [0.1, 0.15) is 6.42 Å². The number of hydrogen-bond donors (Lipinski definition) is 1. The molecule has 158 valence electrons. The number of hydrogen-bond acceptors (Lipinski definition) is 6. The molecular weight excluding hydrogens is 409 g/mol. The molecule has 0 spiro atoms. The van der Waals surface area contributed by atoms with Crippen LogP contribution in [0.25, 0.3) is 22.4 Å². The second kappa shape index (κ2) is 8.02. The van der Waals surface area contributed by atoms with Gasteiger partial charge in [0.15, 0.2) is 5.82 Å². The van der Waals surface area contributed by atoms with Gasteiger partial charge in [-0.2, -0.15) is 0 Å². The third kappa shape index (κ3) is 4.43. The minimum Gasteiger partial charge on any atom is -0.353 e. The Bertz CT molecular complexity index is 1150. The fraction of sp³-hybridized carbons (Fsp3) is 0.350. The molecule has 1 aliphatic rings. The van der Waals surface area contributed by atoms with Gasteiger partial charge in [-0.1, -0.05) is 12.1 Å². The molecule has 1 saturated heterocycles. The van der Waals surface area contributed by atoms with Crippen LogP contribution in [0.5, 0.6) is 0 Å². The third-order valence-electron chi connectivity index (χ3n) is 5.13. The summed E-state index contributed by atoms with van der Waals surface area (Å²) in [6.07, 6.45) is 2.29. The molecule has 1 fully saturated rings. The van der Waals surface area contributed by atoms with Crippen molar-refractivity contribution in [3.63, 3.8) is 0 Å². The van der Waals surface area contributed by atoms with Crippen LogP contribution in [-0.4, -0.2) is 72.4 Å². The molecule has 2 aromatic heterocycles. The molecule has 0 saturated carbocycles. The Morgan fingerprint density at radius 3 is 2.63 bits per heavy atom. The van der Waals surface area contributed by atoms with Gasteiger partial charge in [-0.3, -0.25) is 4.79 Å². The van der Waals surface area contributed by atoms with E-state index >= 15 is 0 Å². The van der Waals surface area contributed by atoms with E-state index in [1.807, 2.05) is 29.2 Å². The molecule has 0 aliphatic carbocycles. The Kier molecular flexibility index (Phi) is 5.42. The normalized spacial score (nSPS) is 15.0. The van der Waals surface area contributed by atoms with Crippen LogP contribution in [0, 0.1) is 5.82 Å². The zero-order valence-electron chi connectivity index (χ0n) is 16.5. The number of imidazole rings is 1. The first kappa shape index (κ1) is 20.3. The number of nitrogens with one attached hydrogen (secondary N) is 1. The van der Waals surface area contributed by atoms with Crippen molar-refractivity contribution in [2.24, 2.45) is 0 Å². The lowest BCUT2D eigenvalue weighted by Crippen LogP contribution is -2.49. The van der Waals surface area contributed by atoms with E-state index < -0.39 is 15.7 Å². The molecule has 1 aliphatic heterocycles. The molecule has 0 radical (unpaired) electrons. The second-order valence-corrected chi connectivity index (χ2v) is 9.63. The molecule has 4 rings (SSSR count). The Hall–Kier alpha value is -3.01. The zero-order chi connectivity index (χ0) is 21.3. The molecule has 3 heterocycles. The topological polar surface area (TPSA) is 99.3 Å². The number of benzene rings is 1. The molecule has 1 aromatic carbocycles. The van der Waals surface area contributed by atoms with Crippen molar-refractivity contribution in [1.82, 2.24) is 19.9 Å². The Balaban J connectivity index is 1.47. The zero-order valence-corrected chi connectivity index (χ0v) is 17.3. The van der Waals surface area contributed by atoms with Gasteiger partial charge in [-0.05, 0) is 18.2 Å². The van der Waals surface area contributed by atoms with E-state index in [1.54, 1.807) is 11.0 Å². The van der Waals surface area contributed by atoms with Gasteiger partial charge in [-0.25, -0.2) is 22.8 Å².